The van der Waals surface area contributed by atoms with Crippen molar-refractivity contribution >= 4 is 27.3 Å². The van der Waals surface area contributed by atoms with E-state index in [0.717, 1.165) is 57.7 Å². The number of benzene rings is 1. The lowest BCUT2D eigenvalue weighted by Crippen LogP contribution is -2.46. The number of piperazine rings is 1. The first-order valence-corrected chi connectivity index (χ1v) is 12.7. The minimum absolute atomic E-state index is 0.0609. The quantitative estimate of drug-likeness (QED) is 0.536. The Morgan fingerprint density at radius 2 is 1.70 bits per heavy atom. The van der Waals surface area contributed by atoms with E-state index in [4.69, 9.17) is 0 Å². The number of unbranched alkanes of at least 4 members (excludes halogenated alkanes) is 2. The van der Waals surface area contributed by atoms with Crippen molar-refractivity contribution in [2.45, 2.75) is 58.3 Å². The third kappa shape index (κ3) is 6.18. The minimum atomic E-state index is -3.59. The second kappa shape index (κ2) is 11.7. The maximum Gasteiger partial charge on any atom is 0.243 e. The Labute approximate surface area is 182 Å². The predicted molar refractivity (Wildman–Crippen MR) is 124 cm³/mol. The third-order valence-electron chi connectivity index (χ3n) is 5.75. The zero-order valence-electron chi connectivity index (χ0n) is 19.0. The summed E-state index contributed by atoms with van der Waals surface area (Å²) >= 11 is 0. The van der Waals surface area contributed by atoms with E-state index in [1.807, 2.05) is 19.9 Å². The predicted octanol–water partition coefficient (Wildman–Crippen LogP) is 3.38. The summed E-state index contributed by atoms with van der Waals surface area (Å²) in [6.07, 6.45) is 3.35. The normalized spacial score (nSPS) is 15.6. The summed E-state index contributed by atoms with van der Waals surface area (Å²) in [5, 5.41) is 3.00. The average Bonchev–Trinajstić information content (AvgIpc) is 2.74. The van der Waals surface area contributed by atoms with Crippen LogP contribution >= 0.6 is 0 Å². The van der Waals surface area contributed by atoms with Gasteiger partial charge in [0.05, 0.1) is 16.3 Å². The Kier molecular flexibility index (Phi) is 9.58. The van der Waals surface area contributed by atoms with Gasteiger partial charge >= 0.3 is 0 Å². The van der Waals surface area contributed by atoms with E-state index in [1.165, 1.54) is 4.31 Å². The highest BCUT2D eigenvalue weighted by atomic mass is 32.2. The van der Waals surface area contributed by atoms with Crippen molar-refractivity contribution in [3.8, 4) is 0 Å². The van der Waals surface area contributed by atoms with Gasteiger partial charge in [-0.15, -0.1) is 0 Å². The third-order valence-corrected chi connectivity index (χ3v) is 7.80. The Hall–Kier alpha value is -1.64. The lowest BCUT2D eigenvalue weighted by molar-refractivity contribution is -0.116. The number of anilines is 2. The molecule has 30 heavy (non-hydrogen) atoms. The monoisotopic (exact) mass is 438 g/mol. The molecule has 1 aromatic carbocycles. The molecule has 1 aliphatic heterocycles. The molecule has 0 spiro atoms. The summed E-state index contributed by atoms with van der Waals surface area (Å²) in [5.41, 5.74) is 1.49. The first kappa shape index (κ1) is 24.6. The smallest absolute Gasteiger partial charge is 0.243 e. The van der Waals surface area contributed by atoms with E-state index in [2.05, 4.69) is 29.0 Å². The molecule has 0 bridgehead atoms. The van der Waals surface area contributed by atoms with Gasteiger partial charge in [0.1, 0.15) is 0 Å². The molecule has 0 aromatic heterocycles. The van der Waals surface area contributed by atoms with Gasteiger partial charge in [-0.1, -0.05) is 40.5 Å². The van der Waals surface area contributed by atoms with Crippen LogP contribution in [-0.4, -0.2) is 69.3 Å². The molecule has 0 aliphatic carbocycles. The summed E-state index contributed by atoms with van der Waals surface area (Å²) in [6, 6.07) is 5.15. The van der Waals surface area contributed by atoms with Crippen molar-refractivity contribution < 1.29 is 13.2 Å². The summed E-state index contributed by atoms with van der Waals surface area (Å²) in [5.74, 6) is -0.0609. The second-order valence-electron chi connectivity index (χ2n) is 7.69. The van der Waals surface area contributed by atoms with E-state index in [9.17, 15) is 13.2 Å². The Balaban J connectivity index is 2.33. The Morgan fingerprint density at radius 1 is 1.03 bits per heavy atom. The number of sulfonamides is 1. The number of hydrogen-bond donors (Lipinski definition) is 1. The van der Waals surface area contributed by atoms with Crippen LogP contribution < -0.4 is 10.2 Å². The number of carbonyl (C=O) groups is 1. The molecule has 1 heterocycles. The van der Waals surface area contributed by atoms with Crippen molar-refractivity contribution in [1.82, 2.24) is 9.21 Å². The molecule has 2 rings (SSSR count). The SMILES string of the molecule is CCCCCC(=O)Nc1cc(S(=O)(=O)N(CC)CC)ccc1N1CCN(CC)CC1. The molecule has 1 fully saturated rings. The maximum atomic E-state index is 13.0. The van der Waals surface area contributed by atoms with Crippen molar-refractivity contribution in [2.24, 2.45) is 0 Å². The highest BCUT2D eigenvalue weighted by molar-refractivity contribution is 7.89. The van der Waals surface area contributed by atoms with Crippen molar-refractivity contribution in [2.75, 3.05) is 56.0 Å². The molecule has 7 nitrogen and oxygen atoms in total. The van der Waals surface area contributed by atoms with Gasteiger partial charge < -0.3 is 15.1 Å². The number of carbonyl (C=O) groups excluding carboxylic acids is 1. The number of nitrogens with zero attached hydrogens (tertiary/aromatic N) is 3. The van der Waals surface area contributed by atoms with Crippen molar-refractivity contribution in [3.05, 3.63) is 18.2 Å². The topological polar surface area (TPSA) is 73.0 Å². The molecular weight excluding hydrogens is 400 g/mol. The zero-order chi connectivity index (χ0) is 22.1. The van der Waals surface area contributed by atoms with Crippen LogP contribution in [0.15, 0.2) is 23.1 Å². The summed E-state index contributed by atoms with van der Waals surface area (Å²) < 4.78 is 27.5. The molecule has 1 N–H and O–H groups in total. The molecule has 170 valence electrons. The largest absolute Gasteiger partial charge is 0.367 e. The fourth-order valence-corrected chi connectivity index (χ4v) is 5.30. The molecule has 0 saturated carbocycles. The van der Waals surface area contributed by atoms with E-state index >= 15 is 0 Å². The average molecular weight is 439 g/mol. The highest BCUT2D eigenvalue weighted by Gasteiger charge is 2.25. The van der Waals surface area contributed by atoms with Crippen LogP contribution in [0.4, 0.5) is 11.4 Å². The summed E-state index contributed by atoms with van der Waals surface area (Å²) in [6.45, 7) is 13.4. The van der Waals surface area contributed by atoms with Crippen LogP contribution in [0.3, 0.4) is 0 Å². The van der Waals surface area contributed by atoms with Crippen molar-refractivity contribution in [3.63, 3.8) is 0 Å². The molecule has 1 amide bonds. The molecule has 1 aromatic rings. The Morgan fingerprint density at radius 3 is 2.27 bits per heavy atom. The van der Waals surface area contributed by atoms with Gasteiger partial charge in [-0.05, 0) is 31.2 Å². The fourth-order valence-electron chi connectivity index (χ4n) is 3.82. The first-order valence-electron chi connectivity index (χ1n) is 11.3. The highest BCUT2D eigenvalue weighted by Crippen LogP contribution is 2.31. The lowest BCUT2D eigenvalue weighted by atomic mass is 10.1. The van der Waals surface area contributed by atoms with Gasteiger partial charge in [0.15, 0.2) is 0 Å². The standard InChI is InChI=1S/C22H38N4O3S/c1-5-9-10-11-22(27)23-20-18-19(30(28,29)26(7-3)8-4)12-13-21(20)25-16-14-24(6-2)15-17-25/h12-13,18H,5-11,14-17H2,1-4H3,(H,23,27). The molecule has 8 heteroatoms. The first-order chi connectivity index (χ1) is 14.4. The van der Waals surface area contributed by atoms with E-state index in [-0.39, 0.29) is 10.8 Å². The molecule has 0 atom stereocenters. The minimum Gasteiger partial charge on any atom is -0.367 e. The number of amides is 1. The van der Waals surface area contributed by atoms with Crippen LogP contribution in [0.5, 0.6) is 0 Å². The van der Waals surface area contributed by atoms with E-state index in [1.54, 1.807) is 12.1 Å². The van der Waals surface area contributed by atoms with Crippen LogP contribution in [0.25, 0.3) is 0 Å². The van der Waals surface area contributed by atoms with Crippen LogP contribution in [0.2, 0.25) is 0 Å². The number of rotatable bonds is 11. The molecule has 1 saturated heterocycles. The molecular formula is C22H38N4O3S. The second-order valence-corrected chi connectivity index (χ2v) is 9.63. The number of hydrogen-bond acceptors (Lipinski definition) is 5. The van der Waals surface area contributed by atoms with Gasteiger partial charge in [0.25, 0.3) is 0 Å². The van der Waals surface area contributed by atoms with Crippen LogP contribution in [-0.2, 0) is 14.8 Å². The Bertz CT molecular complexity index is 786. The van der Waals surface area contributed by atoms with Gasteiger partial charge in [-0.2, -0.15) is 4.31 Å². The van der Waals surface area contributed by atoms with Gasteiger partial charge in [0, 0.05) is 45.7 Å². The van der Waals surface area contributed by atoms with Gasteiger partial charge in [0.2, 0.25) is 15.9 Å². The maximum absolute atomic E-state index is 13.0. The summed E-state index contributed by atoms with van der Waals surface area (Å²) in [7, 11) is -3.59. The number of nitrogens with one attached hydrogen (secondary N) is 1. The van der Waals surface area contributed by atoms with Crippen LogP contribution in [0, 0.1) is 0 Å². The molecule has 1 aliphatic rings. The van der Waals surface area contributed by atoms with Gasteiger partial charge in [-0.25, -0.2) is 8.42 Å². The zero-order valence-corrected chi connectivity index (χ0v) is 19.8. The van der Waals surface area contributed by atoms with E-state index in [0.29, 0.717) is 25.2 Å². The van der Waals surface area contributed by atoms with Crippen molar-refractivity contribution in [1.29, 1.82) is 0 Å². The molecule has 0 radical (unpaired) electrons. The summed E-state index contributed by atoms with van der Waals surface area (Å²) in [4.78, 5) is 17.4. The fraction of sp³-hybridized carbons (Fsp3) is 0.682. The number of likely N-dealkylation sites (N-methyl/N-ethyl adjacent to an activating group) is 1. The van der Waals surface area contributed by atoms with Crippen LogP contribution in [0.1, 0.15) is 53.4 Å². The van der Waals surface area contributed by atoms with Gasteiger partial charge in [-0.3, -0.25) is 4.79 Å². The molecule has 0 unspecified atom stereocenters. The lowest BCUT2D eigenvalue weighted by Gasteiger charge is -2.36. The van der Waals surface area contributed by atoms with E-state index < -0.39 is 10.0 Å².